The van der Waals surface area contributed by atoms with Gasteiger partial charge in [-0.05, 0) is 35.4 Å². The fourth-order valence-corrected chi connectivity index (χ4v) is 4.48. The summed E-state index contributed by atoms with van der Waals surface area (Å²) in [5.74, 6) is 1.69. The minimum atomic E-state index is 0.562. The van der Waals surface area contributed by atoms with Crippen LogP contribution in [-0.4, -0.2) is 15.2 Å². The average Bonchev–Trinajstić information content (AvgIpc) is 3.02. The summed E-state index contributed by atoms with van der Waals surface area (Å²) in [7, 11) is 0. The molecule has 0 unspecified atom stereocenters. The zero-order valence-corrected chi connectivity index (χ0v) is 15.3. The maximum atomic E-state index is 6.30. The Kier molecular flexibility index (Phi) is 5.40. The predicted octanol–water partition coefficient (Wildman–Crippen LogP) is 5.58. The van der Waals surface area contributed by atoms with Crippen LogP contribution in [0.3, 0.4) is 0 Å². The Hall–Kier alpha value is -0.330. The fraction of sp³-hybridized carbons (Fsp3) is 0.375. The minimum absolute atomic E-state index is 0.562. The molecule has 1 aliphatic rings. The van der Waals surface area contributed by atoms with Gasteiger partial charge in [-0.3, -0.25) is 0 Å². The molecule has 0 radical (unpaired) electrons. The molecule has 2 aromatic rings. The summed E-state index contributed by atoms with van der Waals surface area (Å²) < 4.78 is 0.926. The van der Waals surface area contributed by atoms with Crippen molar-refractivity contribution in [3.05, 3.63) is 44.9 Å². The van der Waals surface area contributed by atoms with E-state index in [1.165, 1.54) is 25.7 Å². The van der Waals surface area contributed by atoms with Crippen molar-refractivity contribution in [2.75, 3.05) is 0 Å². The molecular weight excluding hydrogens is 415 g/mol. The highest BCUT2D eigenvalue weighted by molar-refractivity contribution is 14.1. The van der Waals surface area contributed by atoms with E-state index in [0.29, 0.717) is 5.15 Å². The van der Waals surface area contributed by atoms with Gasteiger partial charge in [0.1, 0.15) is 11.0 Å². The van der Waals surface area contributed by atoms with E-state index in [4.69, 9.17) is 16.6 Å². The third-order valence-corrected chi connectivity index (χ3v) is 6.64. The number of nitrogens with zero attached hydrogens (tertiary/aromatic N) is 2. The van der Waals surface area contributed by atoms with Gasteiger partial charge >= 0.3 is 0 Å². The SMILES string of the molecule is Clc1nc(CSC2CCCC2)nc(-c2ccccc2)c1I. The van der Waals surface area contributed by atoms with Gasteiger partial charge < -0.3 is 0 Å². The second kappa shape index (κ2) is 7.29. The van der Waals surface area contributed by atoms with Gasteiger partial charge in [0.15, 0.2) is 0 Å². The summed E-state index contributed by atoms with van der Waals surface area (Å²) >= 11 is 10.5. The van der Waals surface area contributed by atoms with Gasteiger partial charge in [-0.1, -0.05) is 54.8 Å². The Labute approximate surface area is 148 Å². The molecule has 0 aliphatic heterocycles. The molecule has 2 nitrogen and oxygen atoms in total. The van der Waals surface area contributed by atoms with Crippen LogP contribution in [-0.2, 0) is 5.75 Å². The number of benzene rings is 1. The molecular formula is C16H16ClIN2S. The Balaban J connectivity index is 1.83. The predicted molar refractivity (Wildman–Crippen MR) is 98.7 cm³/mol. The maximum absolute atomic E-state index is 6.30. The second-order valence-electron chi connectivity index (χ2n) is 5.18. The number of hydrogen-bond acceptors (Lipinski definition) is 3. The molecule has 0 spiro atoms. The van der Waals surface area contributed by atoms with E-state index >= 15 is 0 Å². The van der Waals surface area contributed by atoms with Crippen LogP contribution in [0.1, 0.15) is 31.5 Å². The zero-order valence-electron chi connectivity index (χ0n) is 11.6. The summed E-state index contributed by atoms with van der Waals surface area (Å²) in [6, 6.07) is 10.2. The summed E-state index contributed by atoms with van der Waals surface area (Å²) in [6.45, 7) is 0. The van der Waals surface area contributed by atoms with Crippen molar-refractivity contribution in [2.24, 2.45) is 0 Å². The molecule has 110 valence electrons. The van der Waals surface area contributed by atoms with E-state index in [9.17, 15) is 0 Å². The molecule has 1 saturated carbocycles. The number of rotatable bonds is 4. The van der Waals surface area contributed by atoms with E-state index in [-0.39, 0.29) is 0 Å². The van der Waals surface area contributed by atoms with Crippen LogP contribution in [0.4, 0.5) is 0 Å². The van der Waals surface area contributed by atoms with Crippen LogP contribution >= 0.6 is 46.0 Å². The fourth-order valence-electron chi connectivity index (χ4n) is 2.56. The molecule has 1 heterocycles. The summed E-state index contributed by atoms with van der Waals surface area (Å²) in [5.41, 5.74) is 2.04. The highest BCUT2D eigenvalue weighted by Crippen LogP contribution is 2.33. The number of thioether (sulfide) groups is 1. The van der Waals surface area contributed by atoms with Gasteiger partial charge in [0.2, 0.25) is 0 Å². The largest absolute Gasteiger partial charge is 0.231 e. The van der Waals surface area contributed by atoms with Crippen molar-refractivity contribution >= 4 is 46.0 Å². The molecule has 0 bridgehead atoms. The topological polar surface area (TPSA) is 25.8 Å². The summed E-state index contributed by atoms with van der Waals surface area (Å²) in [5, 5.41) is 1.33. The Morgan fingerprint density at radius 1 is 1.14 bits per heavy atom. The first-order valence-electron chi connectivity index (χ1n) is 7.13. The number of aromatic nitrogens is 2. The molecule has 1 aliphatic carbocycles. The normalized spacial score (nSPS) is 15.5. The number of halogens is 2. The van der Waals surface area contributed by atoms with Crippen LogP contribution in [0, 0.1) is 3.57 Å². The van der Waals surface area contributed by atoms with Gasteiger partial charge in [0.05, 0.1) is 15.0 Å². The molecule has 0 N–H and O–H groups in total. The second-order valence-corrected chi connectivity index (χ2v) is 7.90. The van der Waals surface area contributed by atoms with E-state index in [1.54, 1.807) is 0 Å². The molecule has 0 saturated heterocycles. The van der Waals surface area contributed by atoms with E-state index in [1.807, 2.05) is 30.0 Å². The molecule has 21 heavy (non-hydrogen) atoms. The van der Waals surface area contributed by atoms with Gasteiger partial charge in [0.25, 0.3) is 0 Å². The lowest BCUT2D eigenvalue weighted by Gasteiger charge is -2.11. The van der Waals surface area contributed by atoms with Gasteiger partial charge in [0, 0.05) is 10.8 Å². The van der Waals surface area contributed by atoms with Crippen molar-refractivity contribution in [1.29, 1.82) is 0 Å². The summed E-state index contributed by atoms with van der Waals surface area (Å²) in [4.78, 5) is 9.19. The first-order valence-corrected chi connectivity index (χ1v) is 9.63. The Bertz CT molecular complexity index is 615. The third-order valence-electron chi connectivity index (χ3n) is 3.65. The lowest BCUT2D eigenvalue weighted by Crippen LogP contribution is -2.02. The standard InChI is InChI=1S/C16H16ClIN2S/c17-16-14(18)15(11-6-2-1-3-7-11)19-13(20-16)10-21-12-8-4-5-9-12/h1-3,6-7,12H,4-5,8-10H2. The summed E-state index contributed by atoms with van der Waals surface area (Å²) in [6.07, 6.45) is 5.38. The molecule has 3 rings (SSSR count). The highest BCUT2D eigenvalue weighted by atomic mass is 127. The lowest BCUT2D eigenvalue weighted by molar-refractivity contribution is 0.886. The first-order chi connectivity index (χ1) is 10.2. The van der Waals surface area contributed by atoms with Crippen LogP contribution in [0.5, 0.6) is 0 Å². The Morgan fingerprint density at radius 3 is 2.57 bits per heavy atom. The molecule has 1 fully saturated rings. The molecule has 5 heteroatoms. The Morgan fingerprint density at radius 2 is 1.86 bits per heavy atom. The van der Waals surface area contributed by atoms with Crippen molar-refractivity contribution in [2.45, 2.75) is 36.7 Å². The van der Waals surface area contributed by atoms with Crippen molar-refractivity contribution in [1.82, 2.24) is 9.97 Å². The quantitative estimate of drug-likeness (QED) is 0.468. The monoisotopic (exact) mass is 430 g/mol. The van der Waals surface area contributed by atoms with E-state index in [2.05, 4.69) is 39.7 Å². The van der Waals surface area contributed by atoms with Crippen molar-refractivity contribution in [3.63, 3.8) is 0 Å². The maximum Gasteiger partial charge on any atom is 0.146 e. The van der Waals surface area contributed by atoms with Gasteiger partial charge in [-0.2, -0.15) is 11.8 Å². The van der Waals surface area contributed by atoms with Crippen LogP contribution < -0.4 is 0 Å². The van der Waals surface area contributed by atoms with E-state index < -0.39 is 0 Å². The van der Waals surface area contributed by atoms with Crippen LogP contribution in [0.2, 0.25) is 5.15 Å². The van der Waals surface area contributed by atoms with Crippen LogP contribution in [0.25, 0.3) is 11.3 Å². The lowest BCUT2D eigenvalue weighted by atomic mass is 10.1. The number of hydrogen-bond donors (Lipinski definition) is 0. The van der Waals surface area contributed by atoms with E-state index in [0.717, 1.165) is 31.7 Å². The molecule has 0 amide bonds. The van der Waals surface area contributed by atoms with Crippen LogP contribution in [0.15, 0.2) is 30.3 Å². The highest BCUT2D eigenvalue weighted by Gasteiger charge is 2.17. The molecule has 1 aromatic heterocycles. The zero-order chi connectivity index (χ0) is 14.7. The van der Waals surface area contributed by atoms with Crippen molar-refractivity contribution in [3.8, 4) is 11.3 Å². The average molecular weight is 431 g/mol. The minimum Gasteiger partial charge on any atom is -0.231 e. The third kappa shape index (κ3) is 3.90. The van der Waals surface area contributed by atoms with Gasteiger partial charge in [-0.15, -0.1) is 0 Å². The van der Waals surface area contributed by atoms with Crippen molar-refractivity contribution < 1.29 is 0 Å². The molecule has 1 aromatic carbocycles. The van der Waals surface area contributed by atoms with Gasteiger partial charge in [-0.25, -0.2) is 9.97 Å². The molecule has 0 atom stereocenters. The smallest absolute Gasteiger partial charge is 0.146 e. The first kappa shape index (κ1) is 15.6.